The standard InChI is InChI=1S/C25H28N2O4S/c1-19(28)31-23(21-5-3-2-4-6-21)24(30)27-15-12-25(18-27)10-13-26(14-11-25)22(29)8-7-20-9-16-32-17-20/h2-9,16-17,23H,10-15,18H2,1H3/b8-7+/t23-/m1/s1. The monoisotopic (exact) mass is 452 g/mol. The molecule has 0 aliphatic carbocycles. The first-order valence-corrected chi connectivity index (χ1v) is 11.9. The minimum atomic E-state index is -0.909. The summed E-state index contributed by atoms with van der Waals surface area (Å²) in [4.78, 5) is 41.2. The van der Waals surface area contributed by atoms with Crippen LogP contribution in [0.25, 0.3) is 6.08 Å². The number of carbonyl (C=O) groups excluding carboxylic acids is 3. The summed E-state index contributed by atoms with van der Waals surface area (Å²) in [5, 5.41) is 4.00. The first-order valence-electron chi connectivity index (χ1n) is 11.0. The molecule has 0 unspecified atom stereocenters. The van der Waals surface area contributed by atoms with Crippen LogP contribution in [0.2, 0.25) is 0 Å². The third-order valence-corrected chi connectivity index (χ3v) is 7.16. The van der Waals surface area contributed by atoms with Gasteiger partial charge in [-0.05, 0) is 53.1 Å². The third kappa shape index (κ3) is 5.10. The Kier molecular flexibility index (Phi) is 6.74. The van der Waals surface area contributed by atoms with E-state index in [-0.39, 0.29) is 17.2 Å². The zero-order valence-corrected chi connectivity index (χ0v) is 19.1. The van der Waals surface area contributed by atoms with Gasteiger partial charge in [0.25, 0.3) is 5.91 Å². The van der Waals surface area contributed by atoms with Gasteiger partial charge in [-0.3, -0.25) is 14.4 Å². The lowest BCUT2D eigenvalue weighted by atomic mass is 9.77. The van der Waals surface area contributed by atoms with Crippen molar-refractivity contribution < 1.29 is 19.1 Å². The first-order chi connectivity index (χ1) is 15.5. The molecule has 7 heteroatoms. The van der Waals surface area contributed by atoms with Crippen molar-refractivity contribution in [2.45, 2.75) is 32.3 Å². The molecule has 2 fully saturated rings. The average molecular weight is 453 g/mol. The van der Waals surface area contributed by atoms with Crippen molar-refractivity contribution in [3.8, 4) is 0 Å². The second-order valence-corrected chi connectivity index (χ2v) is 9.41. The van der Waals surface area contributed by atoms with Crippen LogP contribution in [0.15, 0.2) is 53.2 Å². The largest absolute Gasteiger partial charge is 0.447 e. The summed E-state index contributed by atoms with van der Waals surface area (Å²) < 4.78 is 5.40. The quantitative estimate of drug-likeness (QED) is 0.510. The number of benzene rings is 1. The zero-order valence-electron chi connectivity index (χ0n) is 18.2. The number of nitrogens with zero attached hydrogens (tertiary/aromatic N) is 2. The highest BCUT2D eigenvalue weighted by molar-refractivity contribution is 7.08. The van der Waals surface area contributed by atoms with Crippen molar-refractivity contribution in [3.63, 3.8) is 0 Å². The van der Waals surface area contributed by atoms with Crippen LogP contribution in [0.5, 0.6) is 0 Å². The zero-order chi connectivity index (χ0) is 22.6. The predicted octanol–water partition coefficient (Wildman–Crippen LogP) is 3.91. The number of ether oxygens (including phenoxy) is 1. The molecule has 2 aromatic rings. The van der Waals surface area contributed by atoms with Gasteiger partial charge < -0.3 is 14.5 Å². The summed E-state index contributed by atoms with van der Waals surface area (Å²) in [6, 6.07) is 11.2. The minimum absolute atomic E-state index is 0.0287. The number of hydrogen-bond donors (Lipinski definition) is 0. The van der Waals surface area contributed by atoms with Gasteiger partial charge in [0.05, 0.1) is 0 Å². The van der Waals surface area contributed by atoms with Crippen LogP contribution < -0.4 is 0 Å². The van der Waals surface area contributed by atoms with Crippen molar-refractivity contribution in [1.82, 2.24) is 9.80 Å². The van der Waals surface area contributed by atoms with Crippen LogP contribution in [-0.4, -0.2) is 53.8 Å². The van der Waals surface area contributed by atoms with Crippen LogP contribution in [0.1, 0.15) is 43.4 Å². The number of carbonyl (C=O) groups is 3. The van der Waals surface area contributed by atoms with Gasteiger partial charge in [-0.25, -0.2) is 0 Å². The SMILES string of the molecule is CC(=O)O[C@@H](C(=O)N1CCC2(CCN(C(=O)/C=C/c3ccsc3)CC2)C1)c1ccccc1. The highest BCUT2D eigenvalue weighted by Gasteiger charge is 2.44. The molecule has 1 spiro atoms. The molecule has 0 radical (unpaired) electrons. The predicted molar refractivity (Wildman–Crippen MR) is 124 cm³/mol. The lowest BCUT2D eigenvalue weighted by Gasteiger charge is -2.39. The van der Waals surface area contributed by atoms with Crippen LogP contribution in [-0.2, 0) is 19.1 Å². The molecular weight excluding hydrogens is 424 g/mol. The molecule has 2 aliphatic heterocycles. The number of amides is 2. The van der Waals surface area contributed by atoms with Crippen molar-refractivity contribution in [1.29, 1.82) is 0 Å². The Morgan fingerprint density at radius 2 is 1.72 bits per heavy atom. The van der Waals surface area contributed by atoms with E-state index in [1.54, 1.807) is 17.4 Å². The molecular formula is C25H28N2O4S. The smallest absolute Gasteiger partial charge is 0.303 e. The fraction of sp³-hybridized carbons (Fsp3) is 0.400. The summed E-state index contributed by atoms with van der Waals surface area (Å²) in [5.41, 5.74) is 1.76. The number of hydrogen-bond acceptors (Lipinski definition) is 5. The van der Waals surface area contributed by atoms with Crippen LogP contribution in [0, 0.1) is 5.41 Å². The van der Waals surface area contributed by atoms with Gasteiger partial charge >= 0.3 is 5.97 Å². The fourth-order valence-corrected chi connectivity index (χ4v) is 5.22. The van der Waals surface area contributed by atoms with E-state index in [0.29, 0.717) is 31.7 Å². The molecule has 1 aromatic carbocycles. The summed E-state index contributed by atoms with van der Waals surface area (Å²) in [5.74, 6) is -0.597. The Balaban J connectivity index is 1.36. The Bertz CT molecular complexity index is 979. The van der Waals surface area contributed by atoms with Gasteiger partial charge in [0.2, 0.25) is 12.0 Å². The summed E-state index contributed by atoms with van der Waals surface area (Å²) in [6.07, 6.45) is 5.25. The first kappa shape index (κ1) is 22.3. The molecule has 168 valence electrons. The van der Waals surface area contributed by atoms with E-state index >= 15 is 0 Å². The number of piperidine rings is 1. The molecule has 4 rings (SSSR count). The van der Waals surface area contributed by atoms with Gasteiger partial charge in [0.1, 0.15) is 0 Å². The highest BCUT2D eigenvalue weighted by Crippen LogP contribution is 2.41. The lowest BCUT2D eigenvalue weighted by molar-refractivity contribution is -0.159. The van der Waals surface area contributed by atoms with Gasteiger partial charge in [0.15, 0.2) is 0 Å². The maximum absolute atomic E-state index is 13.3. The Labute approximate surface area is 192 Å². The van der Waals surface area contributed by atoms with Crippen molar-refractivity contribution in [2.24, 2.45) is 5.41 Å². The highest BCUT2D eigenvalue weighted by atomic mass is 32.1. The van der Waals surface area contributed by atoms with E-state index in [9.17, 15) is 14.4 Å². The molecule has 1 aromatic heterocycles. The topological polar surface area (TPSA) is 66.9 Å². The van der Waals surface area contributed by atoms with Crippen LogP contribution in [0.3, 0.4) is 0 Å². The summed E-state index contributed by atoms with van der Waals surface area (Å²) in [6.45, 7) is 4.01. The number of rotatable bonds is 5. The van der Waals surface area contributed by atoms with E-state index in [4.69, 9.17) is 4.74 Å². The molecule has 0 bridgehead atoms. The molecule has 1 atom stereocenters. The molecule has 0 N–H and O–H groups in total. The average Bonchev–Trinajstić information content (AvgIpc) is 3.47. The molecule has 6 nitrogen and oxygen atoms in total. The third-order valence-electron chi connectivity index (χ3n) is 6.46. The number of esters is 1. The minimum Gasteiger partial charge on any atom is -0.447 e. The maximum atomic E-state index is 13.3. The Hall–Kier alpha value is -2.93. The molecule has 2 saturated heterocycles. The van der Waals surface area contributed by atoms with Crippen molar-refractivity contribution >= 4 is 35.2 Å². The Morgan fingerprint density at radius 3 is 2.34 bits per heavy atom. The summed E-state index contributed by atoms with van der Waals surface area (Å²) >= 11 is 1.61. The number of thiophene rings is 1. The maximum Gasteiger partial charge on any atom is 0.303 e. The van der Waals surface area contributed by atoms with Crippen molar-refractivity contribution in [2.75, 3.05) is 26.2 Å². The van der Waals surface area contributed by atoms with Gasteiger partial charge in [-0.1, -0.05) is 30.3 Å². The van der Waals surface area contributed by atoms with E-state index < -0.39 is 12.1 Å². The molecule has 0 saturated carbocycles. The molecule has 2 aliphatic rings. The van der Waals surface area contributed by atoms with Crippen LogP contribution >= 0.6 is 11.3 Å². The van der Waals surface area contributed by atoms with Crippen LogP contribution in [0.4, 0.5) is 0 Å². The summed E-state index contributed by atoms with van der Waals surface area (Å²) in [7, 11) is 0. The van der Waals surface area contributed by atoms with E-state index in [1.807, 2.05) is 63.0 Å². The molecule has 2 amide bonds. The van der Waals surface area contributed by atoms with Gasteiger partial charge in [-0.15, -0.1) is 0 Å². The Morgan fingerprint density at radius 1 is 1.03 bits per heavy atom. The van der Waals surface area contributed by atoms with Crippen molar-refractivity contribution in [3.05, 3.63) is 64.4 Å². The van der Waals surface area contributed by atoms with E-state index in [1.165, 1.54) is 6.92 Å². The molecule has 32 heavy (non-hydrogen) atoms. The van der Waals surface area contributed by atoms with E-state index in [2.05, 4.69) is 0 Å². The lowest BCUT2D eigenvalue weighted by Crippen LogP contribution is -2.44. The van der Waals surface area contributed by atoms with E-state index in [0.717, 1.165) is 24.8 Å². The second-order valence-electron chi connectivity index (χ2n) is 8.63. The normalized spacial score (nSPS) is 18.8. The second kappa shape index (κ2) is 9.69. The number of likely N-dealkylation sites (tertiary alicyclic amines) is 2. The van der Waals surface area contributed by atoms with Gasteiger partial charge in [0, 0.05) is 44.7 Å². The fourth-order valence-electron chi connectivity index (χ4n) is 4.60. The molecule has 3 heterocycles. The van der Waals surface area contributed by atoms with Gasteiger partial charge in [-0.2, -0.15) is 11.3 Å².